The molecule has 1 amide bonds. The number of nitrogens with two attached hydrogens (primary N) is 1. The summed E-state index contributed by atoms with van der Waals surface area (Å²) in [5, 5.41) is 5.68. The molecule has 4 heteroatoms. The monoisotopic (exact) mass is 217 g/mol. The first kappa shape index (κ1) is 10.8. The van der Waals surface area contributed by atoms with Gasteiger partial charge in [-0.25, -0.2) is 5.01 Å². The van der Waals surface area contributed by atoms with Gasteiger partial charge in [-0.1, -0.05) is 17.7 Å². The van der Waals surface area contributed by atoms with Crippen LogP contribution in [0.15, 0.2) is 29.4 Å². The maximum Gasteiger partial charge on any atom is 0.257 e. The number of anilines is 1. The lowest BCUT2D eigenvalue weighted by Crippen LogP contribution is -2.32. The molecule has 2 N–H and O–H groups in total. The van der Waals surface area contributed by atoms with Crippen LogP contribution in [0, 0.1) is 12.8 Å². The zero-order chi connectivity index (χ0) is 11.7. The van der Waals surface area contributed by atoms with Crippen molar-refractivity contribution >= 4 is 17.3 Å². The highest BCUT2D eigenvalue weighted by molar-refractivity contribution is 6.14. The van der Waals surface area contributed by atoms with Crippen molar-refractivity contribution in [2.75, 3.05) is 11.6 Å². The maximum absolute atomic E-state index is 12.0. The van der Waals surface area contributed by atoms with E-state index in [0.717, 1.165) is 17.0 Å². The van der Waals surface area contributed by atoms with Crippen molar-refractivity contribution in [3.05, 3.63) is 29.8 Å². The number of aryl methyl sites for hydroxylation is 1. The summed E-state index contributed by atoms with van der Waals surface area (Å²) in [6, 6.07) is 7.71. The maximum atomic E-state index is 12.0. The summed E-state index contributed by atoms with van der Waals surface area (Å²) in [5.41, 5.74) is 8.29. The molecular formula is C12H15N3O. The van der Waals surface area contributed by atoms with Gasteiger partial charge in [0.1, 0.15) is 0 Å². The lowest BCUT2D eigenvalue weighted by atomic mass is 10.1. The van der Waals surface area contributed by atoms with Crippen LogP contribution in [0.5, 0.6) is 0 Å². The van der Waals surface area contributed by atoms with Crippen LogP contribution in [0.2, 0.25) is 0 Å². The largest absolute Gasteiger partial charge is 0.329 e. The smallest absolute Gasteiger partial charge is 0.257 e. The van der Waals surface area contributed by atoms with Crippen molar-refractivity contribution in [1.29, 1.82) is 0 Å². The first-order valence-electron chi connectivity index (χ1n) is 5.29. The van der Waals surface area contributed by atoms with E-state index in [0.29, 0.717) is 6.54 Å². The topological polar surface area (TPSA) is 58.7 Å². The number of hydrazone groups is 1. The average molecular weight is 217 g/mol. The van der Waals surface area contributed by atoms with Gasteiger partial charge in [-0.05, 0) is 26.0 Å². The van der Waals surface area contributed by atoms with Crippen LogP contribution < -0.4 is 10.7 Å². The first-order chi connectivity index (χ1) is 7.63. The number of rotatable bonds is 2. The molecule has 1 aliphatic rings. The molecule has 0 spiro atoms. The molecule has 0 radical (unpaired) electrons. The van der Waals surface area contributed by atoms with Gasteiger partial charge in [0.05, 0.1) is 11.6 Å². The number of nitrogens with zero attached hydrogens (tertiary/aromatic N) is 2. The van der Waals surface area contributed by atoms with Crippen LogP contribution in [0.3, 0.4) is 0 Å². The number of hydrogen-bond acceptors (Lipinski definition) is 3. The van der Waals surface area contributed by atoms with E-state index in [4.69, 9.17) is 5.73 Å². The molecule has 16 heavy (non-hydrogen) atoms. The minimum absolute atomic E-state index is 0.0381. The van der Waals surface area contributed by atoms with Crippen LogP contribution >= 0.6 is 0 Å². The van der Waals surface area contributed by atoms with Crippen molar-refractivity contribution in [2.45, 2.75) is 13.8 Å². The van der Waals surface area contributed by atoms with Crippen molar-refractivity contribution < 1.29 is 4.79 Å². The fourth-order valence-electron chi connectivity index (χ4n) is 1.75. The Hall–Kier alpha value is -1.68. The van der Waals surface area contributed by atoms with E-state index >= 15 is 0 Å². The Morgan fingerprint density at radius 1 is 1.31 bits per heavy atom. The lowest BCUT2D eigenvalue weighted by Gasteiger charge is -2.13. The molecular weight excluding hydrogens is 202 g/mol. The third-order valence-corrected chi connectivity index (χ3v) is 2.78. The molecule has 0 bridgehead atoms. The van der Waals surface area contributed by atoms with Gasteiger partial charge in [0, 0.05) is 12.3 Å². The van der Waals surface area contributed by atoms with E-state index in [-0.39, 0.29) is 11.8 Å². The Balaban J connectivity index is 2.30. The molecule has 1 unspecified atom stereocenters. The summed E-state index contributed by atoms with van der Waals surface area (Å²) >= 11 is 0. The minimum Gasteiger partial charge on any atom is -0.329 e. The van der Waals surface area contributed by atoms with Crippen molar-refractivity contribution in [2.24, 2.45) is 16.8 Å². The molecule has 1 aromatic carbocycles. The van der Waals surface area contributed by atoms with Crippen molar-refractivity contribution in [3.8, 4) is 0 Å². The van der Waals surface area contributed by atoms with Gasteiger partial charge in [-0.15, -0.1) is 0 Å². The number of carbonyl (C=O) groups is 1. The van der Waals surface area contributed by atoms with Crippen LogP contribution in [0.1, 0.15) is 12.5 Å². The molecule has 1 aliphatic heterocycles. The van der Waals surface area contributed by atoms with Gasteiger partial charge in [-0.2, -0.15) is 5.10 Å². The standard InChI is InChI=1S/C12H15N3O/c1-8-3-5-10(6-4-8)15-12(16)11(7-13)9(2)14-15/h3-6,11H,7,13H2,1-2H3. The van der Waals surface area contributed by atoms with Crippen LogP contribution in [-0.4, -0.2) is 18.2 Å². The van der Waals surface area contributed by atoms with Gasteiger partial charge in [0.2, 0.25) is 0 Å². The number of carbonyl (C=O) groups excluding carboxylic acids is 1. The molecule has 0 saturated carbocycles. The van der Waals surface area contributed by atoms with Crippen molar-refractivity contribution in [3.63, 3.8) is 0 Å². The molecule has 1 atom stereocenters. The van der Waals surface area contributed by atoms with E-state index in [1.165, 1.54) is 5.01 Å². The van der Waals surface area contributed by atoms with Gasteiger partial charge in [-0.3, -0.25) is 4.79 Å². The second kappa shape index (κ2) is 4.06. The number of amides is 1. The number of benzene rings is 1. The van der Waals surface area contributed by atoms with Gasteiger partial charge in [0.25, 0.3) is 5.91 Å². The molecule has 2 rings (SSSR count). The fraction of sp³-hybridized carbons (Fsp3) is 0.333. The SMILES string of the molecule is CC1=NN(c2ccc(C)cc2)C(=O)C1CN. The molecule has 84 valence electrons. The summed E-state index contributed by atoms with van der Waals surface area (Å²) in [7, 11) is 0. The van der Waals surface area contributed by atoms with E-state index in [1.807, 2.05) is 38.1 Å². The summed E-state index contributed by atoms with van der Waals surface area (Å²) in [6.07, 6.45) is 0. The summed E-state index contributed by atoms with van der Waals surface area (Å²) in [6.45, 7) is 4.16. The van der Waals surface area contributed by atoms with E-state index in [9.17, 15) is 4.79 Å². The Morgan fingerprint density at radius 3 is 2.44 bits per heavy atom. The Bertz CT molecular complexity index is 436. The molecule has 4 nitrogen and oxygen atoms in total. The highest BCUT2D eigenvalue weighted by Gasteiger charge is 2.32. The molecule has 0 aromatic heterocycles. The van der Waals surface area contributed by atoms with Crippen LogP contribution in [-0.2, 0) is 4.79 Å². The Morgan fingerprint density at radius 2 is 1.94 bits per heavy atom. The van der Waals surface area contributed by atoms with E-state index in [1.54, 1.807) is 0 Å². The normalized spacial score (nSPS) is 20.2. The second-order valence-electron chi connectivity index (χ2n) is 4.02. The minimum atomic E-state index is -0.263. The zero-order valence-electron chi connectivity index (χ0n) is 9.47. The highest BCUT2D eigenvalue weighted by atomic mass is 16.2. The van der Waals surface area contributed by atoms with Crippen molar-refractivity contribution in [1.82, 2.24) is 0 Å². The molecule has 0 fully saturated rings. The Labute approximate surface area is 94.7 Å². The molecule has 1 heterocycles. The lowest BCUT2D eigenvalue weighted by molar-refractivity contribution is -0.119. The van der Waals surface area contributed by atoms with Gasteiger partial charge < -0.3 is 5.73 Å². The predicted molar refractivity (Wildman–Crippen MR) is 64.3 cm³/mol. The average Bonchev–Trinajstić information content (AvgIpc) is 2.55. The Kier molecular flexibility index (Phi) is 2.75. The highest BCUT2D eigenvalue weighted by Crippen LogP contribution is 2.23. The first-order valence-corrected chi connectivity index (χ1v) is 5.29. The zero-order valence-corrected chi connectivity index (χ0v) is 9.47. The quantitative estimate of drug-likeness (QED) is 0.811. The molecule has 1 aromatic rings. The summed E-state index contributed by atoms with van der Waals surface area (Å²) in [4.78, 5) is 12.0. The fourth-order valence-corrected chi connectivity index (χ4v) is 1.75. The van der Waals surface area contributed by atoms with Crippen LogP contribution in [0.4, 0.5) is 5.69 Å². The predicted octanol–water partition coefficient (Wildman–Crippen LogP) is 1.29. The molecule has 0 aliphatic carbocycles. The van der Waals surface area contributed by atoms with E-state index in [2.05, 4.69) is 5.10 Å². The third kappa shape index (κ3) is 1.72. The van der Waals surface area contributed by atoms with Gasteiger partial charge >= 0.3 is 0 Å². The third-order valence-electron chi connectivity index (χ3n) is 2.78. The van der Waals surface area contributed by atoms with Crippen LogP contribution in [0.25, 0.3) is 0 Å². The number of hydrogen-bond donors (Lipinski definition) is 1. The summed E-state index contributed by atoms with van der Waals surface area (Å²) in [5.74, 6) is -0.301. The molecule has 0 saturated heterocycles. The van der Waals surface area contributed by atoms with E-state index < -0.39 is 0 Å². The van der Waals surface area contributed by atoms with Gasteiger partial charge in [0.15, 0.2) is 0 Å². The second-order valence-corrected chi connectivity index (χ2v) is 4.02. The summed E-state index contributed by atoms with van der Waals surface area (Å²) < 4.78 is 0.